The molecule has 1 saturated carbocycles. The zero-order chi connectivity index (χ0) is 14.9. The van der Waals surface area contributed by atoms with Gasteiger partial charge >= 0.3 is 0 Å². The maximum absolute atomic E-state index is 13.8. The van der Waals surface area contributed by atoms with Gasteiger partial charge in [0.05, 0.1) is 12.6 Å². The third kappa shape index (κ3) is 5.15. The van der Waals surface area contributed by atoms with Crippen LogP contribution in [0.3, 0.4) is 0 Å². The fourth-order valence-corrected chi connectivity index (χ4v) is 3.10. The largest absolute Gasteiger partial charge is 0.311 e. The molecule has 0 spiro atoms. The van der Waals surface area contributed by atoms with E-state index < -0.39 is 12.0 Å². The SMILES string of the molecule is CC(=Cc1ccccc1)C1CC1NC1CCNCC1(F)F.Cl.Cl. The van der Waals surface area contributed by atoms with Gasteiger partial charge in [0.1, 0.15) is 0 Å². The van der Waals surface area contributed by atoms with Gasteiger partial charge in [0.15, 0.2) is 0 Å². The summed E-state index contributed by atoms with van der Waals surface area (Å²) in [5, 5.41) is 5.93. The lowest BCUT2D eigenvalue weighted by atomic mass is 10.0. The Balaban J connectivity index is 0.00000132. The molecular weight excluding hydrogens is 341 g/mol. The first-order valence-corrected chi connectivity index (χ1v) is 7.64. The van der Waals surface area contributed by atoms with E-state index in [9.17, 15) is 8.78 Å². The summed E-state index contributed by atoms with van der Waals surface area (Å²) in [6.45, 7) is 2.56. The van der Waals surface area contributed by atoms with E-state index in [1.165, 1.54) is 11.1 Å². The van der Waals surface area contributed by atoms with Crippen molar-refractivity contribution in [2.75, 3.05) is 13.1 Å². The Kier molecular flexibility index (Phi) is 7.46. The van der Waals surface area contributed by atoms with E-state index in [-0.39, 0.29) is 37.4 Å². The van der Waals surface area contributed by atoms with Crippen LogP contribution in [0.2, 0.25) is 0 Å². The second-order valence-electron chi connectivity index (χ2n) is 6.19. The fraction of sp³-hybridized carbons (Fsp3) is 0.529. The second-order valence-corrected chi connectivity index (χ2v) is 6.19. The van der Waals surface area contributed by atoms with Gasteiger partial charge < -0.3 is 10.6 Å². The molecular formula is C17H24Cl2F2N2. The molecule has 0 radical (unpaired) electrons. The molecule has 3 atom stereocenters. The van der Waals surface area contributed by atoms with Crippen LogP contribution in [0.15, 0.2) is 35.9 Å². The lowest BCUT2D eigenvalue weighted by Gasteiger charge is -2.32. The molecule has 2 N–H and O–H groups in total. The predicted molar refractivity (Wildman–Crippen MR) is 95.8 cm³/mol. The highest BCUT2D eigenvalue weighted by molar-refractivity contribution is 5.85. The van der Waals surface area contributed by atoms with E-state index >= 15 is 0 Å². The maximum atomic E-state index is 13.8. The summed E-state index contributed by atoms with van der Waals surface area (Å²) < 4.78 is 27.6. The highest BCUT2D eigenvalue weighted by Gasteiger charge is 2.47. The third-order valence-electron chi connectivity index (χ3n) is 4.46. The minimum absolute atomic E-state index is 0. The normalized spacial score (nSPS) is 29.2. The molecule has 1 aromatic rings. The smallest absolute Gasteiger partial charge is 0.275 e. The van der Waals surface area contributed by atoms with E-state index in [2.05, 4.69) is 35.8 Å². The molecule has 0 aromatic heterocycles. The van der Waals surface area contributed by atoms with Crippen molar-refractivity contribution in [1.82, 2.24) is 10.6 Å². The maximum Gasteiger partial charge on any atom is 0.275 e. The molecule has 1 heterocycles. The number of piperidine rings is 1. The molecule has 2 nitrogen and oxygen atoms in total. The van der Waals surface area contributed by atoms with Crippen molar-refractivity contribution in [3.63, 3.8) is 0 Å². The van der Waals surface area contributed by atoms with E-state index in [1.807, 2.05) is 18.2 Å². The van der Waals surface area contributed by atoms with E-state index in [1.54, 1.807) is 0 Å². The van der Waals surface area contributed by atoms with Crippen LogP contribution < -0.4 is 10.6 Å². The monoisotopic (exact) mass is 364 g/mol. The van der Waals surface area contributed by atoms with Crippen LogP contribution in [0.5, 0.6) is 0 Å². The average molecular weight is 365 g/mol. The number of hydrogen-bond donors (Lipinski definition) is 2. The molecule has 1 aromatic carbocycles. The molecule has 1 aliphatic heterocycles. The Morgan fingerprint density at radius 2 is 1.96 bits per heavy atom. The summed E-state index contributed by atoms with van der Waals surface area (Å²) in [6.07, 6.45) is 3.62. The van der Waals surface area contributed by atoms with Gasteiger partial charge in [-0.3, -0.25) is 0 Å². The van der Waals surface area contributed by atoms with Crippen LogP contribution in [0.4, 0.5) is 8.78 Å². The zero-order valence-corrected chi connectivity index (χ0v) is 14.7. The van der Waals surface area contributed by atoms with Gasteiger partial charge in [-0.05, 0) is 37.8 Å². The molecule has 3 rings (SSSR count). The summed E-state index contributed by atoms with van der Waals surface area (Å²) in [6, 6.07) is 9.67. The lowest BCUT2D eigenvalue weighted by molar-refractivity contribution is -0.0520. The predicted octanol–water partition coefficient (Wildman–Crippen LogP) is 3.91. The Bertz CT molecular complexity index is 523. The molecule has 0 amide bonds. The molecule has 3 unspecified atom stereocenters. The molecule has 1 aliphatic carbocycles. The van der Waals surface area contributed by atoms with Crippen molar-refractivity contribution in [3.8, 4) is 0 Å². The Morgan fingerprint density at radius 1 is 1.26 bits per heavy atom. The molecule has 1 saturated heterocycles. The fourth-order valence-electron chi connectivity index (χ4n) is 3.10. The van der Waals surface area contributed by atoms with Gasteiger partial charge in [-0.15, -0.1) is 24.8 Å². The van der Waals surface area contributed by atoms with Crippen LogP contribution in [0.25, 0.3) is 6.08 Å². The Hall–Kier alpha value is -0.680. The van der Waals surface area contributed by atoms with Gasteiger partial charge in [0, 0.05) is 6.04 Å². The van der Waals surface area contributed by atoms with Crippen molar-refractivity contribution in [2.24, 2.45) is 5.92 Å². The molecule has 23 heavy (non-hydrogen) atoms. The van der Waals surface area contributed by atoms with Crippen molar-refractivity contribution < 1.29 is 8.78 Å². The minimum Gasteiger partial charge on any atom is -0.311 e. The molecule has 6 heteroatoms. The molecule has 0 bridgehead atoms. The average Bonchev–Trinajstić information content (AvgIpc) is 3.22. The van der Waals surface area contributed by atoms with Gasteiger partial charge in [-0.1, -0.05) is 42.0 Å². The number of halogens is 4. The van der Waals surface area contributed by atoms with Gasteiger partial charge in [-0.2, -0.15) is 0 Å². The Morgan fingerprint density at radius 3 is 2.61 bits per heavy atom. The minimum atomic E-state index is -2.64. The highest BCUT2D eigenvalue weighted by Crippen LogP contribution is 2.39. The van der Waals surface area contributed by atoms with E-state index in [0.29, 0.717) is 18.9 Å². The number of rotatable bonds is 4. The van der Waals surface area contributed by atoms with Gasteiger partial charge in [0.25, 0.3) is 5.92 Å². The van der Waals surface area contributed by atoms with Crippen LogP contribution in [-0.4, -0.2) is 31.1 Å². The summed E-state index contributed by atoms with van der Waals surface area (Å²) in [5.74, 6) is -2.24. The summed E-state index contributed by atoms with van der Waals surface area (Å²) >= 11 is 0. The van der Waals surface area contributed by atoms with Crippen molar-refractivity contribution in [3.05, 3.63) is 41.5 Å². The molecule has 130 valence electrons. The summed E-state index contributed by atoms with van der Waals surface area (Å²) in [5.41, 5.74) is 2.45. The number of hydrogen-bond acceptors (Lipinski definition) is 2. The lowest BCUT2D eigenvalue weighted by Crippen LogP contribution is -2.56. The first-order valence-electron chi connectivity index (χ1n) is 7.64. The molecule has 2 fully saturated rings. The second kappa shape index (κ2) is 8.43. The molecule has 2 aliphatic rings. The standard InChI is InChI=1S/C17H22F2N2.2ClH/c1-12(9-13-5-3-2-4-6-13)14-10-15(14)21-16-7-8-20-11-17(16,18)19;;/h2-6,9,14-16,20-21H,7-8,10-11H2,1H3;2*1H. The van der Waals surface area contributed by atoms with Crippen molar-refractivity contribution in [1.29, 1.82) is 0 Å². The number of alkyl halides is 2. The van der Waals surface area contributed by atoms with Crippen LogP contribution in [-0.2, 0) is 0 Å². The highest BCUT2D eigenvalue weighted by atomic mass is 35.5. The van der Waals surface area contributed by atoms with Crippen LogP contribution in [0, 0.1) is 5.92 Å². The third-order valence-corrected chi connectivity index (χ3v) is 4.46. The van der Waals surface area contributed by atoms with E-state index in [4.69, 9.17) is 0 Å². The van der Waals surface area contributed by atoms with Gasteiger partial charge in [-0.25, -0.2) is 8.78 Å². The topological polar surface area (TPSA) is 24.1 Å². The van der Waals surface area contributed by atoms with Gasteiger partial charge in [0.2, 0.25) is 0 Å². The van der Waals surface area contributed by atoms with E-state index in [0.717, 1.165) is 6.42 Å². The Labute approximate surface area is 148 Å². The summed E-state index contributed by atoms with van der Waals surface area (Å²) in [4.78, 5) is 0. The van der Waals surface area contributed by atoms with Crippen molar-refractivity contribution in [2.45, 2.75) is 37.8 Å². The summed E-state index contributed by atoms with van der Waals surface area (Å²) in [7, 11) is 0. The number of nitrogens with one attached hydrogen (secondary N) is 2. The van der Waals surface area contributed by atoms with Crippen molar-refractivity contribution >= 4 is 30.9 Å². The van der Waals surface area contributed by atoms with Crippen LogP contribution in [0.1, 0.15) is 25.3 Å². The first-order chi connectivity index (χ1) is 10.1. The zero-order valence-electron chi connectivity index (χ0n) is 13.1. The first kappa shape index (κ1) is 20.4. The van der Waals surface area contributed by atoms with Crippen LogP contribution >= 0.6 is 24.8 Å². The number of benzene rings is 1. The quantitative estimate of drug-likeness (QED) is 0.846.